The van der Waals surface area contributed by atoms with Gasteiger partial charge in [0.25, 0.3) is 0 Å². The molecule has 0 aliphatic heterocycles. The molecule has 0 N–H and O–H groups in total. The van der Waals surface area contributed by atoms with E-state index in [1.54, 1.807) is 57.5 Å². The normalized spacial score (nSPS) is 13.1. The Morgan fingerprint density at radius 2 is 0.682 bits per heavy atom. The highest BCUT2D eigenvalue weighted by Gasteiger charge is 2.34. The van der Waals surface area contributed by atoms with Crippen LogP contribution in [-0.2, 0) is 12.8 Å². The number of halogens is 4. The Kier molecular flexibility index (Phi) is 30.4. The van der Waals surface area contributed by atoms with Crippen molar-refractivity contribution in [3.63, 3.8) is 0 Å². The minimum Gasteiger partial charge on any atom is -0.489 e. The molecule has 8 aromatic heterocycles. The Hall–Kier alpha value is -5.84. The molecule has 0 spiro atoms. The van der Waals surface area contributed by atoms with Gasteiger partial charge in [-0.25, -0.2) is 17.6 Å². The van der Waals surface area contributed by atoms with Crippen molar-refractivity contribution in [3.8, 4) is 96.1 Å². The van der Waals surface area contributed by atoms with E-state index in [4.69, 9.17) is 36.4 Å². The van der Waals surface area contributed by atoms with Crippen LogP contribution < -0.4 is 18.9 Å². The number of hydrogen-bond acceptors (Lipinski definition) is 16. The van der Waals surface area contributed by atoms with Crippen molar-refractivity contribution < 1.29 is 36.5 Å². The summed E-state index contributed by atoms with van der Waals surface area (Å²) in [7, 11) is 0. The van der Waals surface area contributed by atoms with Crippen molar-refractivity contribution in [1.82, 2.24) is 17.5 Å². The fourth-order valence-electron chi connectivity index (χ4n) is 15.2. The van der Waals surface area contributed by atoms with Gasteiger partial charge in [-0.1, -0.05) is 185 Å². The summed E-state index contributed by atoms with van der Waals surface area (Å²) in [4.78, 5) is 7.89. The lowest BCUT2D eigenvalue weighted by Crippen LogP contribution is -2.15. The van der Waals surface area contributed by atoms with Crippen LogP contribution >= 0.6 is 91.5 Å². The first-order valence-corrected chi connectivity index (χ1v) is 47.4. The van der Waals surface area contributed by atoms with Crippen LogP contribution in [0, 0.1) is 60.8 Å². The lowest BCUT2D eigenvalue weighted by Gasteiger charge is -2.24. The highest BCUT2D eigenvalue weighted by atomic mass is 32.1. The van der Waals surface area contributed by atoms with Crippen LogP contribution in [0.1, 0.15) is 244 Å². The zero-order valence-electron chi connectivity index (χ0n) is 66.5. The quantitative estimate of drug-likeness (QED) is 0.0276. The second-order valence-electron chi connectivity index (χ2n) is 30.1. The molecule has 4 unspecified atom stereocenters. The molecule has 8 heterocycles. The SMILES string of the molecule is CCCCCCc1sc(-c2c3cc(-c4c(OCC(CC)CCCC)c(OCC(CC)CCCC)c(-c5ccc(-c6cc(F)c(-c7ccc(-c8c(OCC(CC)CCCC)c(OCC(CC)CCCC)c(C)c9nsnc89)s7)cc6F)s5)c5nsnc45)sc3c(-c3cc(F)c(CCCCCC)s3)c3cc(C)sc23)cc1F. The van der Waals surface area contributed by atoms with Crippen LogP contribution in [0.25, 0.3) is 115 Å². The fraction of sp³-hybridized carbons (Fsp3) is 0.511. The highest BCUT2D eigenvalue weighted by molar-refractivity contribution is 7.25. The van der Waals surface area contributed by atoms with Gasteiger partial charge in [0.1, 0.15) is 45.3 Å². The molecule has 0 radical (unpaired) electrons. The van der Waals surface area contributed by atoms with Gasteiger partial charge in [-0.05, 0) is 150 Å². The molecule has 0 saturated heterocycles. The molecule has 0 bridgehead atoms. The van der Waals surface area contributed by atoms with Gasteiger partial charge in [0.05, 0.1) is 66.6 Å². The van der Waals surface area contributed by atoms with E-state index in [0.717, 1.165) is 270 Å². The smallest absolute Gasteiger partial charge is 0.172 e. The molecule has 12 aromatic rings. The van der Waals surface area contributed by atoms with Crippen LogP contribution in [0.5, 0.6) is 23.0 Å². The van der Waals surface area contributed by atoms with E-state index in [9.17, 15) is 0 Å². The summed E-state index contributed by atoms with van der Waals surface area (Å²) in [6.45, 7) is 28.2. The molecule has 0 aliphatic rings. The topological polar surface area (TPSA) is 88.5 Å². The van der Waals surface area contributed by atoms with Crippen LogP contribution in [0.2, 0.25) is 0 Å². The summed E-state index contributed by atoms with van der Waals surface area (Å²) in [5, 5.41) is 1.99. The molecule has 20 heteroatoms. The highest BCUT2D eigenvalue weighted by Crippen LogP contribution is 2.59. The molecule has 4 aromatic carbocycles. The van der Waals surface area contributed by atoms with Gasteiger partial charge in [0.2, 0.25) is 0 Å². The predicted molar refractivity (Wildman–Crippen MR) is 469 cm³/mol. The van der Waals surface area contributed by atoms with Crippen LogP contribution in [-0.4, -0.2) is 43.9 Å². The van der Waals surface area contributed by atoms with E-state index >= 15 is 17.6 Å². The Labute approximate surface area is 682 Å². The number of nitrogens with zero attached hydrogens (tertiary/aromatic N) is 4. The Morgan fingerprint density at radius 3 is 1.10 bits per heavy atom. The molecule has 0 fully saturated rings. The molecule has 8 nitrogen and oxygen atoms in total. The van der Waals surface area contributed by atoms with Crippen molar-refractivity contribution in [3.05, 3.63) is 104 Å². The van der Waals surface area contributed by atoms with E-state index < -0.39 is 11.6 Å². The van der Waals surface area contributed by atoms with Gasteiger partial charge in [0, 0.05) is 96.8 Å². The van der Waals surface area contributed by atoms with Gasteiger partial charge in [-0.3, -0.25) is 0 Å². The minimum atomic E-state index is -0.562. The molecule has 0 amide bonds. The molecular formula is C90H110F4N4O4S8. The number of rotatable bonds is 45. The maximum atomic E-state index is 17.6. The van der Waals surface area contributed by atoms with Crippen molar-refractivity contribution in [2.45, 2.75) is 250 Å². The third kappa shape index (κ3) is 18.7. The van der Waals surface area contributed by atoms with Crippen molar-refractivity contribution in [1.29, 1.82) is 0 Å². The van der Waals surface area contributed by atoms with Crippen LogP contribution in [0.4, 0.5) is 17.6 Å². The minimum absolute atomic E-state index is 0.134. The number of unbranched alkanes of at least 4 members (excludes halogenated alkanes) is 10. The lowest BCUT2D eigenvalue weighted by molar-refractivity contribution is 0.199. The molecule has 0 saturated carbocycles. The summed E-state index contributed by atoms with van der Waals surface area (Å²) in [5.74, 6) is 2.06. The van der Waals surface area contributed by atoms with E-state index in [1.165, 1.54) is 34.8 Å². The fourth-order valence-corrected chi connectivity index (χ4v) is 23.3. The van der Waals surface area contributed by atoms with Gasteiger partial charge >= 0.3 is 0 Å². The number of aryl methyl sites for hydroxylation is 4. The molecule has 590 valence electrons. The van der Waals surface area contributed by atoms with E-state index in [0.29, 0.717) is 106 Å². The first kappa shape index (κ1) is 83.6. The van der Waals surface area contributed by atoms with Crippen molar-refractivity contribution in [2.75, 3.05) is 26.4 Å². The number of hydrogen-bond donors (Lipinski definition) is 0. The zero-order chi connectivity index (χ0) is 77.5. The Bertz CT molecular complexity index is 4900. The zero-order valence-corrected chi connectivity index (χ0v) is 73.0. The molecule has 4 atom stereocenters. The largest absolute Gasteiger partial charge is 0.489 e. The summed E-state index contributed by atoms with van der Waals surface area (Å²) in [5.41, 5.74) is 8.00. The van der Waals surface area contributed by atoms with Gasteiger partial charge < -0.3 is 18.9 Å². The molecule has 110 heavy (non-hydrogen) atoms. The van der Waals surface area contributed by atoms with Gasteiger partial charge in [-0.15, -0.1) is 68.0 Å². The Morgan fingerprint density at radius 1 is 0.327 bits per heavy atom. The number of fused-ring (bicyclic) bond motifs is 4. The number of ether oxygens (including phenoxy) is 4. The van der Waals surface area contributed by atoms with E-state index in [1.807, 2.05) is 31.2 Å². The maximum Gasteiger partial charge on any atom is 0.172 e. The molecule has 0 aliphatic carbocycles. The monoisotopic (exact) mass is 1640 g/mol. The second kappa shape index (κ2) is 40.0. The first-order chi connectivity index (χ1) is 53.6. The second-order valence-corrected chi connectivity index (χ2v) is 37.9. The number of thiophene rings is 6. The van der Waals surface area contributed by atoms with Gasteiger partial charge in [0.15, 0.2) is 23.0 Å². The third-order valence-electron chi connectivity index (χ3n) is 22.1. The summed E-state index contributed by atoms with van der Waals surface area (Å²) in [6.07, 6.45) is 26.2. The molecular weight excluding hydrogens is 1530 g/mol. The van der Waals surface area contributed by atoms with Crippen LogP contribution in [0.3, 0.4) is 0 Å². The lowest BCUT2D eigenvalue weighted by atomic mass is 9.97. The summed E-state index contributed by atoms with van der Waals surface area (Å²) in [6, 6.07) is 18.3. The van der Waals surface area contributed by atoms with E-state index in [-0.39, 0.29) is 34.6 Å². The average Bonchev–Trinajstić information content (AvgIpc) is 1.55. The summed E-state index contributed by atoms with van der Waals surface area (Å²) >= 11 is 11.5. The standard InChI is InChI=1S/C90H110F4N4O4S8/c1-13-23-29-31-37-69-65(93)47-74(106-69)76-61-43-53(11)103-89(61)77(75-48-66(94)70(107-75)38-32-30-24-14-2)62-46-73(108-90(62)76)80-84-83(97-110-98-84)79(87(101-51-57(21-9)35-27-17-5)88(80)102-52-58(22-10)36-28-18-6)72-42-40-68(105-72)60-45-63(91)59(44-64(60)92)67-39-41-71(104-67)78-82-81(95-109-96-82)54(12)85(99-49-55(19-7)33-25-15-3)86(78)100-50-56(20-8)34-26-16-4/h39-48,55-58H,13-38,49-52H2,1-12H3. The Balaban J connectivity index is 1.01. The number of aromatic nitrogens is 4. The number of benzene rings is 4. The first-order valence-electron chi connectivity index (χ1n) is 41.0. The van der Waals surface area contributed by atoms with Crippen molar-refractivity contribution in [2.24, 2.45) is 23.7 Å². The van der Waals surface area contributed by atoms with Crippen LogP contribution in [0.15, 0.2) is 60.7 Å². The summed E-state index contributed by atoms with van der Waals surface area (Å²) < 4.78 is 120. The third-order valence-corrected chi connectivity index (χ3v) is 30.1. The van der Waals surface area contributed by atoms with Gasteiger partial charge in [-0.2, -0.15) is 17.5 Å². The van der Waals surface area contributed by atoms with E-state index in [2.05, 4.69) is 88.3 Å². The van der Waals surface area contributed by atoms with Crippen molar-refractivity contribution >= 4 is 134 Å². The average molecular weight is 1640 g/mol. The maximum absolute atomic E-state index is 17.6. The molecule has 12 rings (SSSR count). The predicted octanol–water partition coefficient (Wildman–Crippen LogP) is 31.8.